The van der Waals surface area contributed by atoms with E-state index in [-0.39, 0.29) is 30.9 Å². The van der Waals surface area contributed by atoms with Gasteiger partial charge in [0.05, 0.1) is 0 Å². The molecule has 1 aliphatic rings. The van der Waals surface area contributed by atoms with Gasteiger partial charge in [-0.2, -0.15) is 12.6 Å². The fraction of sp³-hybridized carbons (Fsp3) is 0.385. The Morgan fingerprint density at radius 1 is 1.17 bits per heavy atom. The maximum atomic E-state index is 11.6. The third-order valence-corrected chi connectivity index (χ3v) is 3.39. The predicted octanol–water partition coefficient (Wildman–Crippen LogP) is 1.09. The predicted molar refractivity (Wildman–Crippen MR) is 70.6 cm³/mol. The van der Waals surface area contributed by atoms with Crippen molar-refractivity contribution < 1.29 is 14.3 Å². The van der Waals surface area contributed by atoms with Crippen LogP contribution in [0.3, 0.4) is 0 Å². The van der Waals surface area contributed by atoms with Gasteiger partial charge in [-0.05, 0) is 11.3 Å². The highest BCUT2D eigenvalue weighted by molar-refractivity contribution is 7.80. The van der Waals surface area contributed by atoms with Crippen molar-refractivity contribution in [3.63, 3.8) is 0 Å². The molecule has 0 saturated carbocycles. The van der Waals surface area contributed by atoms with E-state index in [1.54, 1.807) is 0 Å². The van der Waals surface area contributed by atoms with Crippen LogP contribution in [-0.4, -0.2) is 42.2 Å². The van der Waals surface area contributed by atoms with Gasteiger partial charge in [0.25, 0.3) is 11.8 Å². The number of morpholine rings is 1. The van der Waals surface area contributed by atoms with Crippen molar-refractivity contribution in [3.05, 3.63) is 35.9 Å². The molecule has 0 N–H and O–H groups in total. The molecule has 1 aromatic carbocycles. The molecule has 1 fully saturated rings. The molecule has 1 aliphatic heterocycles. The number of imide groups is 1. The van der Waals surface area contributed by atoms with E-state index < -0.39 is 0 Å². The molecular weight excluding hydrogens is 250 g/mol. The van der Waals surface area contributed by atoms with Crippen LogP contribution in [0, 0.1) is 0 Å². The van der Waals surface area contributed by atoms with Gasteiger partial charge < -0.3 is 4.74 Å². The lowest BCUT2D eigenvalue weighted by atomic mass is 10.0. The average molecular weight is 265 g/mol. The number of thiol groups is 1. The molecule has 1 aromatic rings. The maximum Gasteiger partial charge on any atom is 0.255 e. The van der Waals surface area contributed by atoms with Crippen LogP contribution in [0.2, 0.25) is 0 Å². The molecule has 2 rings (SSSR count). The van der Waals surface area contributed by atoms with Gasteiger partial charge in [-0.25, -0.2) is 0 Å². The summed E-state index contributed by atoms with van der Waals surface area (Å²) in [6.07, 6.45) is 0. The monoisotopic (exact) mass is 265 g/mol. The lowest BCUT2D eigenvalue weighted by molar-refractivity contribution is -0.158. The molecule has 5 heteroatoms. The molecule has 0 bridgehead atoms. The lowest BCUT2D eigenvalue weighted by Gasteiger charge is -2.28. The van der Waals surface area contributed by atoms with Gasteiger partial charge in [0.15, 0.2) is 0 Å². The molecule has 0 spiro atoms. The van der Waals surface area contributed by atoms with Crippen LogP contribution in [0.1, 0.15) is 11.5 Å². The SMILES string of the molecule is O=C1COCC(=O)N1CC(CS)c1ccccc1. The summed E-state index contributed by atoms with van der Waals surface area (Å²) in [5, 5.41) is 0. The second-order valence-corrected chi connectivity index (χ2v) is 4.55. The molecule has 0 radical (unpaired) electrons. The molecule has 0 aliphatic carbocycles. The first-order chi connectivity index (χ1) is 8.72. The van der Waals surface area contributed by atoms with Crippen LogP contribution in [0.5, 0.6) is 0 Å². The number of benzene rings is 1. The zero-order valence-electron chi connectivity index (χ0n) is 9.91. The van der Waals surface area contributed by atoms with Gasteiger partial charge in [-0.15, -0.1) is 0 Å². The van der Waals surface area contributed by atoms with E-state index in [9.17, 15) is 9.59 Å². The highest BCUT2D eigenvalue weighted by atomic mass is 32.1. The largest absolute Gasteiger partial charge is 0.362 e. The van der Waals surface area contributed by atoms with Crippen molar-refractivity contribution in [1.29, 1.82) is 0 Å². The van der Waals surface area contributed by atoms with E-state index in [1.165, 1.54) is 4.90 Å². The first-order valence-electron chi connectivity index (χ1n) is 5.79. The van der Waals surface area contributed by atoms with Crippen molar-refractivity contribution in [1.82, 2.24) is 4.90 Å². The van der Waals surface area contributed by atoms with Crippen LogP contribution < -0.4 is 0 Å². The first kappa shape index (κ1) is 13.1. The van der Waals surface area contributed by atoms with E-state index in [0.717, 1.165) is 5.56 Å². The molecule has 1 unspecified atom stereocenters. The zero-order chi connectivity index (χ0) is 13.0. The van der Waals surface area contributed by atoms with Crippen LogP contribution in [0.25, 0.3) is 0 Å². The van der Waals surface area contributed by atoms with E-state index in [0.29, 0.717) is 12.3 Å². The topological polar surface area (TPSA) is 46.6 Å². The summed E-state index contributed by atoms with van der Waals surface area (Å²) in [5.74, 6) is 0.102. The van der Waals surface area contributed by atoms with Gasteiger partial charge in [-0.3, -0.25) is 14.5 Å². The number of nitrogens with zero attached hydrogens (tertiary/aromatic N) is 1. The lowest BCUT2D eigenvalue weighted by Crippen LogP contribution is -2.48. The first-order valence-corrected chi connectivity index (χ1v) is 6.42. The Hall–Kier alpha value is -1.33. The minimum atomic E-state index is -0.269. The summed E-state index contributed by atoms with van der Waals surface area (Å²) in [7, 11) is 0. The van der Waals surface area contributed by atoms with Gasteiger partial charge in [0.1, 0.15) is 13.2 Å². The van der Waals surface area contributed by atoms with Crippen LogP contribution in [0.4, 0.5) is 0 Å². The standard InChI is InChI=1S/C13H15NO3S/c15-12-7-17-8-13(16)14(12)6-11(9-18)10-4-2-1-3-5-10/h1-5,11,18H,6-9H2. The van der Waals surface area contributed by atoms with Crippen molar-refractivity contribution in [2.24, 2.45) is 0 Å². The summed E-state index contributed by atoms with van der Waals surface area (Å²) in [6.45, 7) is 0.341. The number of carbonyl (C=O) groups is 2. The third-order valence-electron chi connectivity index (χ3n) is 2.95. The molecule has 0 aromatic heterocycles. The van der Waals surface area contributed by atoms with Gasteiger partial charge in [-0.1, -0.05) is 30.3 Å². The number of amides is 2. The van der Waals surface area contributed by atoms with Crippen molar-refractivity contribution >= 4 is 24.4 Å². The van der Waals surface area contributed by atoms with E-state index in [1.807, 2.05) is 30.3 Å². The second kappa shape index (κ2) is 6.02. The molecule has 1 heterocycles. The number of hydrogen-bond acceptors (Lipinski definition) is 4. The number of rotatable bonds is 4. The Morgan fingerprint density at radius 3 is 2.33 bits per heavy atom. The highest BCUT2D eigenvalue weighted by Gasteiger charge is 2.28. The molecular formula is C13H15NO3S. The van der Waals surface area contributed by atoms with Gasteiger partial charge >= 0.3 is 0 Å². The molecule has 18 heavy (non-hydrogen) atoms. The molecule has 1 atom stereocenters. The number of carbonyl (C=O) groups excluding carboxylic acids is 2. The Labute approximate surface area is 111 Å². The quantitative estimate of drug-likeness (QED) is 0.655. The minimum Gasteiger partial charge on any atom is -0.362 e. The fourth-order valence-corrected chi connectivity index (χ4v) is 2.26. The number of hydrogen-bond donors (Lipinski definition) is 1. The van der Waals surface area contributed by atoms with Crippen molar-refractivity contribution in [2.75, 3.05) is 25.5 Å². The van der Waals surface area contributed by atoms with Crippen LogP contribution in [0.15, 0.2) is 30.3 Å². The second-order valence-electron chi connectivity index (χ2n) is 4.18. The van der Waals surface area contributed by atoms with Crippen molar-refractivity contribution in [2.45, 2.75) is 5.92 Å². The zero-order valence-corrected chi connectivity index (χ0v) is 10.8. The summed E-state index contributed by atoms with van der Waals surface area (Å²) in [5.41, 5.74) is 1.08. The Kier molecular flexibility index (Phi) is 4.38. The third kappa shape index (κ3) is 2.91. The molecule has 2 amide bonds. The summed E-state index contributed by atoms with van der Waals surface area (Å²) >= 11 is 4.31. The average Bonchev–Trinajstić information content (AvgIpc) is 2.40. The molecule has 1 saturated heterocycles. The summed E-state index contributed by atoms with van der Waals surface area (Å²) in [4.78, 5) is 24.6. The molecule has 4 nitrogen and oxygen atoms in total. The van der Waals surface area contributed by atoms with Gasteiger partial charge in [0, 0.05) is 12.5 Å². The fourth-order valence-electron chi connectivity index (χ4n) is 1.94. The van der Waals surface area contributed by atoms with Crippen LogP contribution >= 0.6 is 12.6 Å². The Bertz CT molecular complexity index is 419. The normalized spacial score (nSPS) is 17.9. The van der Waals surface area contributed by atoms with E-state index in [4.69, 9.17) is 4.74 Å². The van der Waals surface area contributed by atoms with E-state index in [2.05, 4.69) is 12.6 Å². The smallest absolute Gasteiger partial charge is 0.255 e. The van der Waals surface area contributed by atoms with E-state index >= 15 is 0 Å². The minimum absolute atomic E-state index is 0.0141. The number of ether oxygens (including phenoxy) is 1. The van der Waals surface area contributed by atoms with Gasteiger partial charge in [0.2, 0.25) is 0 Å². The summed E-state index contributed by atoms with van der Waals surface area (Å²) < 4.78 is 4.89. The Balaban J connectivity index is 2.10. The maximum absolute atomic E-state index is 11.6. The van der Waals surface area contributed by atoms with Crippen molar-refractivity contribution in [3.8, 4) is 0 Å². The Morgan fingerprint density at radius 2 is 1.78 bits per heavy atom. The molecule has 96 valence electrons. The summed E-state index contributed by atoms with van der Waals surface area (Å²) in [6, 6.07) is 9.78. The van der Waals surface area contributed by atoms with Crippen LogP contribution in [-0.2, 0) is 14.3 Å². The highest BCUT2D eigenvalue weighted by Crippen LogP contribution is 2.19.